The van der Waals surface area contributed by atoms with Gasteiger partial charge in [0.15, 0.2) is 0 Å². The number of nitrogens with one attached hydrogen (secondary N) is 1. The summed E-state index contributed by atoms with van der Waals surface area (Å²) < 4.78 is 0. The molecule has 1 saturated carbocycles. The summed E-state index contributed by atoms with van der Waals surface area (Å²) in [5, 5.41) is 13.0. The van der Waals surface area contributed by atoms with Crippen molar-refractivity contribution in [1.29, 1.82) is 0 Å². The van der Waals surface area contributed by atoms with E-state index in [2.05, 4.69) is 5.32 Å². The molecule has 0 heterocycles. The molecule has 2 rings (SSSR count). The zero-order chi connectivity index (χ0) is 13.1. The minimum atomic E-state index is -0.206. The van der Waals surface area contributed by atoms with Gasteiger partial charge in [0.2, 0.25) is 0 Å². The van der Waals surface area contributed by atoms with Crippen molar-refractivity contribution in [2.75, 3.05) is 6.61 Å². The lowest BCUT2D eigenvalue weighted by atomic mass is 10.0. The first-order valence-electron chi connectivity index (χ1n) is 5.98. The third kappa shape index (κ3) is 2.97. The fraction of sp³-hybridized carbons (Fsp3) is 0.462. The highest BCUT2D eigenvalue weighted by Gasteiger charge is 2.28. The Morgan fingerprint density at radius 3 is 2.83 bits per heavy atom. The highest BCUT2D eigenvalue weighted by Crippen LogP contribution is 2.26. The quantitative estimate of drug-likeness (QED) is 0.898. The monoisotopic (exact) mass is 287 g/mol. The minimum Gasteiger partial charge on any atom is -0.396 e. The van der Waals surface area contributed by atoms with Crippen LogP contribution >= 0.6 is 23.2 Å². The van der Waals surface area contributed by atoms with Crippen LogP contribution in [0.5, 0.6) is 0 Å². The predicted molar refractivity (Wildman–Crippen MR) is 72.1 cm³/mol. The number of halogens is 2. The first-order chi connectivity index (χ1) is 8.61. The van der Waals surface area contributed by atoms with Crippen molar-refractivity contribution in [2.45, 2.75) is 25.3 Å². The van der Waals surface area contributed by atoms with Crippen molar-refractivity contribution in [3.05, 3.63) is 33.8 Å². The molecule has 1 amide bonds. The lowest BCUT2D eigenvalue weighted by molar-refractivity contribution is 0.0916. The molecule has 0 saturated heterocycles. The maximum Gasteiger partial charge on any atom is 0.253 e. The molecule has 1 fully saturated rings. The molecule has 0 spiro atoms. The van der Waals surface area contributed by atoms with Crippen LogP contribution in [0.2, 0.25) is 10.0 Å². The summed E-state index contributed by atoms with van der Waals surface area (Å²) >= 11 is 11.8. The molecule has 2 unspecified atom stereocenters. The number of hydrogen-bond acceptors (Lipinski definition) is 2. The highest BCUT2D eigenvalue weighted by atomic mass is 35.5. The average molecular weight is 288 g/mol. The fourth-order valence-corrected chi connectivity index (χ4v) is 2.86. The third-order valence-corrected chi connectivity index (χ3v) is 3.93. The molecular weight excluding hydrogens is 273 g/mol. The molecule has 0 bridgehead atoms. The second-order valence-electron chi connectivity index (χ2n) is 4.58. The van der Waals surface area contributed by atoms with Gasteiger partial charge in [-0.3, -0.25) is 4.79 Å². The number of carbonyl (C=O) groups is 1. The van der Waals surface area contributed by atoms with E-state index in [-0.39, 0.29) is 24.5 Å². The summed E-state index contributed by atoms with van der Waals surface area (Å²) in [5.74, 6) is -0.0537. The van der Waals surface area contributed by atoms with E-state index < -0.39 is 0 Å². The number of hydrogen-bond donors (Lipinski definition) is 2. The molecule has 1 aliphatic carbocycles. The molecular formula is C13H15Cl2NO2. The van der Waals surface area contributed by atoms with Gasteiger partial charge in [-0.25, -0.2) is 0 Å². The molecule has 3 nitrogen and oxygen atoms in total. The molecule has 1 aromatic carbocycles. The normalized spacial score (nSPS) is 23.1. The maximum atomic E-state index is 12.1. The Bertz CT molecular complexity index is 451. The van der Waals surface area contributed by atoms with Crippen LogP contribution in [-0.4, -0.2) is 23.7 Å². The summed E-state index contributed by atoms with van der Waals surface area (Å²) in [5.41, 5.74) is 0.421. The standard InChI is InChI=1S/C13H15Cl2NO2/c14-9-4-5-10(11(15)6-9)13(18)16-12-3-1-2-8(12)7-17/h4-6,8,12,17H,1-3,7H2,(H,16,18). The van der Waals surface area contributed by atoms with Crippen molar-refractivity contribution >= 4 is 29.1 Å². The van der Waals surface area contributed by atoms with Gasteiger partial charge in [0.25, 0.3) is 5.91 Å². The summed E-state index contributed by atoms with van der Waals surface area (Å²) in [4.78, 5) is 12.1. The molecule has 0 aliphatic heterocycles. The van der Waals surface area contributed by atoms with E-state index in [1.165, 1.54) is 0 Å². The van der Waals surface area contributed by atoms with Gasteiger partial charge in [-0.1, -0.05) is 29.6 Å². The van der Waals surface area contributed by atoms with E-state index in [4.69, 9.17) is 23.2 Å². The van der Waals surface area contributed by atoms with Crippen molar-refractivity contribution in [3.63, 3.8) is 0 Å². The van der Waals surface area contributed by atoms with Crippen molar-refractivity contribution in [2.24, 2.45) is 5.92 Å². The van der Waals surface area contributed by atoms with Crippen molar-refractivity contribution in [1.82, 2.24) is 5.32 Å². The topological polar surface area (TPSA) is 49.3 Å². The van der Waals surface area contributed by atoms with Gasteiger partial charge in [-0.2, -0.15) is 0 Å². The van der Waals surface area contributed by atoms with Gasteiger partial charge < -0.3 is 10.4 Å². The number of amides is 1. The Kier molecular flexibility index (Phi) is 4.49. The minimum absolute atomic E-state index is 0.0363. The Morgan fingerprint density at radius 1 is 1.39 bits per heavy atom. The van der Waals surface area contributed by atoms with Gasteiger partial charge in [0.1, 0.15) is 0 Å². The molecule has 5 heteroatoms. The number of rotatable bonds is 3. The third-order valence-electron chi connectivity index (χ3n) is 3.39. The van der Waals surface area contributed by atoms with Crippen LogP contribution < -0.4 is 5.32 Å². The van der Waals surface area contributed by atoms with E-state index in [1.54, 1.807) is 18.2 Å². The Morgan fingerprint density at radius 2 is 2.17 bits per heavy atom. The first-order valence-corrected chi connectivity index (χ1v) is 6.74. The van der Waals surface area contributed by atoms with Gasteiger partial charge in [0, 0.05) is 23.6 Å². The number of benzene rings is 1. The van der Waals surface area contributed by atoms with Crippen LogP contribution in [-0.2, 0) is 0 Å². The van der Waals surface area contributed by atoms with E-state index in [1.807, 2.05) is 0 Å². The van der Waals surface area contributed by atoms with Crippen LogP contribution in [0.25, 0.3) is 0 Å². The SMILES string of the molecule is O=C(NC1CCCC1CO)c1ccc(Cl)cc1Cl. The molecule has 2 atom stereocenters. The molecule has 18 heavy (non-hydrogen) atoms. The van der Waals surface area contributed by atoms with Crippen molar-refractivity contribution in [3.8, 4) is 0 Å². The largest absolute Gasteiger partial charge is 0.396 e. The lowest BCUT2D eigenvalue weighted by Gasteiger charge is -2.19. The number of aliphatic hydroxyl groups is 1. The predicted octanol–water partition coefficient (Wildman–Crippen LogP) is 2.88. The average Bonchev–Trinajstić information content (AvgIpc) is 2.76. The molecule has 0 radical (unpaired) electrons. The summed E-state index contributed by atoms with van der Waals surface area (Å²) in [6.07, 6.45) is 2.89. The molecule has 98 valence electrons. The molecule has 1 aromatic rings. The summed E-state index contributed by atoms with van der Waals surface area (Å²) in [6, 6.07) is 4.84. The van der Waals surface area contributed by atoms with Gasteiger partial charge in [-0.15, -0.1) is 0 Å². The van der Waals surface area contributed by atoms with Crippen molar-refractivity contribution < 1.29 is 9.90 Å². The smallest absolute Gasteiger partial charge is 0.253 e. The highest BCUT2D eigenvalue weighted by molar-refractivity contribution is 6.36. The van der Waals surface area contributed by atoms with E-state index >= 15 is 0 Å². The van der Waals surface area contributed by atoms with Crippen LogP contribution in [0.3, 0.4) is 0 Å². The Hall–Kier alpha value is -0.770. The zero-order valence-corrected chi connectivity index (χ0v) is 11.3. The van der Waals surface area contributed by atoms with Gasteiger partial charge >= 0.3 is 0 Å². The molecule has 2 N–H and O–H groups in total. The fourth-order valence-electron chi connectivity index (χ4n) is 2.37. The number of carbonyl (C=O) groups excluding carboxylic acids is 1. The Labute approximate surface area is 116 Å². The Balaban J connectivity index is 2.07. The second-order valence-corrected chi connectivity index (χ2v) is 5.42. The van der Waals surface area contributed by atoms with Crippen LogP contribution in [0, 0.1) is 5.92 Å². The maximum absolute atomic E-state index is 12.1. The lowest BCUT2D eigenvalue weighted by Crippen LogP contribution is -2.38. The number of aliphatic hydroxyl groups excluding tert-OH is 1. The van der Waals surface area contributed by atoms with E-state index in [9.17, 15) is 9.90 Å². The zero-order valence-electron chi connectivity index (χ0n) is 9.83. The molecule has 0 aromatic heterocycles. The van der Waals surface area contributed by atoms with E-state index in [0.29, 0.717) is 15.6 Å². The van der Waals surface area contributed by atoms with Crippen LogP contribution in [0.4, 0.5) is 0 Å². The first kappa shape index (κ1) is 13.7. The van der Waals surface area contributed by atoms with Gasteiger partial charge in [-0.05, 0) is 31.0 Å². The van der Waals surface area contributed by atoms with Crippen LogP contribution in [0.1, 0.15) is 29.6 Å². The second kappa shape index (κ2) is 5.91. The summed E-state index contributed by atoms with van der Waals surface area (Å²) in [7, 11) is 0. The van der Waals surface area contributed by atoms with Gasteiger partial charge in [0.05, 0.1) is 10.6 Å². The van der Waals surface area contributed by atoms with Crippen LogP contribution in [0.15, 0.2) is 18.2 Å². The summed E-state index contributed by atoms with van der Waals surface area (Å²) in [6.45, 7) is 0.110. The van der Waals surface area contributed by atoms with E-state index in [0.717, 1.165) is 19.3 Å². The molecule has 1 aliphatic rings.